The lowest BCUT2D eigenvalue weighted by Gasteiger charge is -2.40. The zero-order valence-corrected chi connectivity index (χ0v) is 38.3. The Bertz CT molecular complexity index is 2270. The minimum Gasteiger partial charge on any atom is -0.336 e. The van der Waals surface area contributed by atoms with Gasteiger partial charge < -0.3 is 20.4 Å². The van der Waals surface area contributed by atoms with Gasteiger partial charge in [0.2, 0.25) is 11.8 Å². The van der Waals surface area contributed by atoms with Gasteiger partial charge in [0.15, 0.2) is 0 Å². The highest BCUT2D eigenvalue weighted by Crippen LogP contribution is 2.32. The van der Waals surface area contributed by atoms with E-state index in [1.807, 2.05) is 58.3 Å². The summed E-state index contributed by atoms with van der Waals surface area (Å²) < 4.78 is 0. The number of para-hydroxylation sites is 2. The molecule has 0 bridgehead atoms. The van der Waals surface area contributed by atoms with Crippen LogP contribution in [0.5, 0.6) is 0 Å². The molecule has 0 unspecified atom stereocenters. The molecule has 8 rings (SSSR count). The van der Waals surface area contributed by atoms with Crippen LogP contribution in [0.3, 0.4) is 0 Å². The fourth-order valence-corrected chi connectivity index (χ4v) is 9.56. The number of carbonyl (C=O) groups excluding carboxylic acids is 4. The minimum absolute atomic E-state index is 0.0729. The molecule has 10 heteroatoms. The molecule has 2 aliphatic rings. The second kappa shape index (κ2) is 23.5. The van der Waals surface area contributed by atoms with Crippen LogP contribution in [0.1, 0.15) is 100.0 Å². The van der Waals surface area contributed by atoms with Gasteiger partial charge in [0.05, 0.1) is 34.6 Å². The van der Waals surface area contributed by atoms with Crippen LogP contribution in [0, 0.1) is 0 Å². The van der Waals surface area contributed by atoms with Crippen LogP contribution in [-0.4, -0.2) is 95.6 Å². The van der Waals surface area contributed by atoms with E-state index in [4.69, 9.17) is 0 Å². The summed E-state index contributed by atoms with van der Waals surface area (Å²) in [6.45, 7) is 5.32. The zero-order chi connectivity index (χ0) is 46.2. The molecule has 0 aromatic heterocycles. The van der Waals surface area contributed by atoms with Gasteiger partial charge in [0, 0.05) is 65.2 Å². The van der Waals surface area contributed by atoms with Gasteiger partial charge in [-0.25, -0.2) is 0 Å². The first kappa shape index (κ1) is 46.6. The van der Waals surface area contributed by atoms with Crippen molar-refractivity contribution >= 4 is 35.0 Å². The molecule has 344 valence electrons. The van der Waals surface area contributed by atoms with Crippen molar-refractivity contribution in [3.63, 3.8) is 0 Å². The number of benzene rings is 6. The van der Waals surface area contributed by atoms with Crippen molar-refractivity contribution in [1.82, 2.24) is 19.6 Å². The van der Waals surface area contributed by atoms with Gasteiger partial charge in [-0.05, 0) is 59.4 Å². The van der Waals surface area contributed by atoms with Crippen LogP contribution < -0.4 is 10.6 Å². The quantitative estimate of drug-likeness (QED) is 0.0833. The maximum atomic E-state index is 13.9. The van der Waals surface area contributed by atoms with Gasteiger partial charge in [0.1, 0.15) is 0 Å². The van der Waals surface area contributed by atoms with Crippen molar-refractivity contribution in [3.8, 4) is 0 Å². The fraction of sp³-hybridized carbons (Fsp3) is 0.298. The third-order valence-corrected chi connectivity index (χ3v) is 13.1. The van der Waals surface area contributed by atoms with Crippen LogP contribution in [0.4, 0.5) is 11.4 Å². The van der Waals surface area contributed by atoms with Crippen LogP contribution in [0.25, 0.3) is 0 Å². The molecule has 4 amide bonds. The first-order valence-electron chi connectivity index (χ1n) is 24.0. The largest absolute Gasteiger partial charge is 0.336 e. The summed E-state index contributed by atoms with van der Waals surface area (Å²) in [6, 6.07) is 56.9. The number of unbranched alkanes of at least 4 members (excludes halogenated alkanes) is 4. The number of carbonyl (C=O) groups is 4. The van der Waals surface area contributed by atoms with E-state index < -0.39 is 0 Å². The predicted molar refractivity (Wildman–Crippen MR) is 267 cm³/mol. The molecule has 10 nitrogen and oxygen atoms in total. The SMILES string of the molecule is O=C(CCCCCCCC(=O)Nc1ccccc1C(=O)N1CCN(C(c2ccccc2)c2ccccc2)CC1)Nc1ccccc1C(=O)N1CCN(C(c2ccccc2)c2ccccc2)CC1. The Balaban J connectivity index is 0.741. The lowest BCUT2D eigenvalue weighted by molar-refractivity contribution is -0.117. The van der Waals surface area contributed by atoms with Crippen LogP contribution in [-0.2, 0) is 9.59 Å². The number of piperazine rings is 2. The van der Waals surface area contributed by atoms with Gasteiger partial charge >= 0.3 is 0 Å². The van der Waals surface area contributed by atoms with E-state index >= 15 is 0 Å². The molecule has 67 heavy (non-hydrogen) atoms. The van der Waals surface area contributed by atoms with Crippen molar-refractivity contribution in [2.24, 2.45) is 0 Å². The number of hydrogen-bond acceptors (Lipinski definition) is 6. The molecule has 0 saturated carbocycles. The first-order chi connectivity index (χ1) is 32.9. The molecule has 6 aromatic rings. The van der Waals surface area contributed by atoms with Gasteiger partial charge in [-0.2, -0.15) is 0 Å². The number of amides is 4. The second-order valence-electron chi connectivity index (χ2n) is 17.6. The van der Waals surface area contributed by atoms with Crippen LogP contribution in [0.2, 0.25) is 0 Å². The van der Waals surface area contributed by atoms with E-state index in [2.05, 4.69) is 117 Å². The topological polar surface area (TPSA) is 105 Å². The van der Waals surface area contributed by atoms with E-state index in [-0.39, 0.29) is 35.7 Å². The highest BCUT2D eigenvalue weighted by Gasteiger charge is 2.31. The van der Waals surface area contributed by atoms with E-state index in [1.165, 1.54) is 22.3 Å². The predicted octanol–water partition coefficient (Wildman–Crippen LogP) is 10.1. The highest BCUT2D eigenvalue weighted by molar-refractivity contribution is 6.04. The zero-order valence-electron chi connectivity index (χ0n) is 38.3. The number of hydrogen-bond donors (Lipinski definition) is 2. The summed E-state index contributed by atoms with van der Waals surface area (Å²) in [5.74, 6) is -0.374. The Kier molecular flexibility index (Phi) is 16.4. The summed E-state index contributed by atoms with van der Waals surface area (Å²) in [6.07, 6.45) is 4.73. The lowest BCUT2D eigenvalue weighted by Crippen LogP contribution is -2.50. The monoisotopic (exact) mass is 894 g/mol. The average Bonchev–Trinajstić information content (AvgIpc) is 3.38. The third kappa shape index (κ3) is 12.3. The van der Waals surface area contributed by atoms with Crippen LogP contribution in [0.15, 0.2) is 170 Å². The maximum Gasteiger partial charge on any atom is 0.256 e. The summed E-state index contributed by atoms with van der Waals surface area (Å²) in [4.78, 5) is 62.6. The summed E-state index contributed by atoms with van der Waals surface area (Å²) in [5.41, 5.74) is 7.02. The molecule has 0 spiro atoms. The van der Waals surface area contributed by atoms with Crippen molar-refractivity contribution in [3.05, 3.63) is 203 Å². The second-order valence-corrected chi connectivity index (χ2v) is 17.6. The lowest BCUT2D eigenvalue weighted by atomic mass is 9.96. The minimum atomic E-state index is -0.114. The first-order valence-corrected chi connectivity index (χ1v) is 24.0. The number of anilines is 2. The van der Waals surface area contributed by atoms with E-state index in [1.54, 1.807) is 24.3 Å². The van der Waals surface area contributed by atoms with Crippen molar-refractivity contribution in [2.45, 2.75) is 57.0 Å². The third-order valence-electron chi connectivity index (χ3n) is 13.1. The molecule has 2 N–H and O–H groups in total. The molecule has 2 heterocycles. The Morgan fingerprint density at radius 2 is 0.642 bits per heavy atom. The van der Waals surface area contributed by atoms with Crippen molar-refractivity contribution in [1.29, 1.82) is 0 Å². The van der Waals surface area contributed by atoms with Crippen molar-refractivity contribution in [2.75, 3.05) is 63.0 Å². The molecule has 2 fully saturated rings. The van der Waals surface area contributed by atoms with Gasteiger partial charge in [0.25, 0.3) is 11.8 Å². The molecular formula is C57H62N6O4. The van der Waals surface area contributed by atoms with E-state index in [0.717, 1.165) is 45.4 Å². The Labute approximate surface area is 395 Å². The smallest absolute Gasteiger partial charge is 0.256 e. The summed E-state index contributed by atoms with van der Waals surface area (Å²) in [5, 5.41) is 6.03. The molecule has 2 aliphatic heterocycles. The standard InChI is InChI=1S/C57H62N6O4/c64-52(58-50-32-20-18-30-48(50)56(66)62-40-36-60(37-41-62)54(44-22-8-4-9-23-44)45-24-10-5-11-25-45)34-16-2-1-3-17-35-53(65)59-51-33-21-19-31-49(51)57(67)63-42-38-61(39-43-63)55(46-26-12-6-13-27-46)47-28-14-7-15-29-47/h4-15,18-33,54-55H,1-3,16-17,34-43H2,(H,58,64)(H,59,65). The van der Waals surface area contributed by atoms with Crippen LogP contribution >= 0.6 is 0 Å². The van der Waals surface area contributed by atoms with Gasteiger partial charge in [-0.15, -0.1) is 0 Å². The average molecular weight is 895 g/mol. The Morgan fingerprint density at radius 3 is 0.970 bits per heavy atom. The number of nitrogens with one attached hydrogen (secondary N) is 2. The molecule has 0 atom stereocenters. The fourth-order valence-electron chi connectivity index (χ4n) is 9.56. The molecule has 0 radical (unpaired) electrons. The molecule has 2 saturated heterocycles. The molecule has 0 aliphatic carbocycles. The number of nitrogens with zero attached hydrogens (tertiary/aromatic N) is 4. The van der Waals surface area contributed by atoms with Gasteiger partial charge in [-0.3, -0.25) is 29.0 Å². The van der Waals surface area contributed by atoms with Gasteiger partial charge in [-0.1, -0.05) is 165 Å². The Morgan fingerprint density at radius 1 is 0.358 bits per heavy atom. The number of rotatable bonds is 18. The summed E-state index contributed by atoms with van der Waals surface area (Å²) >= 11 is 0. The maximum absolute atomic E-state index is 13.9. The van der Waals surface area contributed by atoms with E-state index in [0.29, 0.717) is 74.4 Å². The highest BCUT2D eigenvalue weighted by atomic mass is 16.2. The van der Waals surface area contributed by atoms with E-state index in [9.17, 15) is 19.2 Å². The Hall–Kier alpha value is -6.88. The normalized spacial score (nSPS) is 14.5. The van der Waals surface area contributed by atoms with Crippen molar-refractivity contribution < 1.29 is 19.2 Å². The molecule has 6 aromatic carbocycles. The molecular weight excluding hydrogens is 833 g/mol. The summed E-state index contributed by atoms with van der Waals surface area (Å²) in [7, 11) is 0.